The van der Waals surface area contributed by atoms with E-state index < -0.39 is 5.54 Å². The van der Waals surface area contributed by atoms with Gasteiger partial charge in [-0.15, -0.1) is 11.3 Å². The van der Waals surface area contributed by atoms with E-state index in [1.165, 1.54) is 14.7 Å². The molecule has 2 aromatic rings. The van der Waals surface area contributed by atoms with E-state index in [4.69, 9.17) is 4.74 Å². The number of aryl methyl sites for hydroxylation is 1. The third-order valence-corrected chi connectivity index (χ3v) is 7.38. The smallest absolute Gasteiger partial charge is 0.327 e. The van der Waals surface area contributed by atoms with Gasteiger partial charge in [-0.1, -0.05) is 30.3 Å². The number of carbonyl (C=O) groups excluding carboxylic acids is 2. The summed E-state index contributed by atoms with van der Waals surface area (Å²) in [5.74, 6) is -0.0367. The Bertz CT molecular complexity index is 906. The maximum absolute atomic E-state index is 13.6. The first kappa shape index (κ1) is 22.0. The zero-order valence-corrected chi connectivity index (χ0v) is 19.2. The van der Waals surface area contributed by atoms with Gasteiger partial charge in [-0.25, -0.2) is 4.79 Å². The lowest BCUT2D eigenvalue weighted by molar-refractivity contribution is -0.136. The Morgan fingerprint density at radius 1 is 1.03 bits per heavy atom. The molecule has 0 bridgehead atoms. The van der Waals surface area contributed by atoms with E-state index >= 15 is 0 Å². The van der Waals surface area contributed by atoms with Crippen molar-refractivity contribution in [3.63, 3.8) is 0 Å². The van der Waals surface area contributed by atoms with Gasteiger partial charge in [0, 0.05) is 49.6 Å². The number of hydrogen-bond donors (Lipinski definition) is 0. The number of nitrogens with zero attached hydrogens (tertiary/aromatic N) is 3. The van der Waals surface area contributed by atoms with Gasteiger partial charge in [-0.2, -0.15) is 0 Å². The number of thiophene rings is 1. The van der Waals surface area contributed by atoms with E-state index in [0.717, 1.165) is 31.6 Å². The molecule has 7 heteroatoms. The van der Waals surface area contributed by atoms with Gasteiger partial charge in [0.1, 0.15) is 5.54 Å². The molecule has 0 unspecified atom stereocenters. The van der Waals surface area contributed by atoms with E-state index in [0.29, 0.717) is 32.5 Å². The summed E-state index contributed by atoms with van der Waals surface area (Å²) < 4.78 is 5.20. The number of rotatable bonds is 8. The number of amides is 3. The second-order valence-electron chi connectivity index (χ2n) is 8.48. The van der Waals surface area contributed by atoms with Gasteiger partial charge in [0.05, 0.1) is 6.54 Å². The van der Waals surface area contributed by atoms with Crippen molar-refractivity contribution in [1.29, 1.82) is 0 Å². The number of ether oxygens (including phenoxy) is 1. The molecule has 0 radical (unpaired) electrons. The number of hydrogen-bond acceptors (Lipinski definition) is 5. The summed E-state index contributed by atoms with van der Waals surface area (Å²) in [4.78, 5) is 35.3. The maximum Gasteiger partial charge on any atom is 0.327 e. The van der Waals surface area contributed by atoms with Gasteiger partial charge in [0.25, 0.3) is 5.91 Å². The molecule has 0 N–H and O–H groups in total. The average Bonchev–Trinajstić information content (AvgIpc) is 3.27. The average molecular weight is 442 g/mol. The van der Waals surface area contributed by atoms with Crippen molar-refractivity contribution in [2.45, 2.75) is 44.8 Å². The summed E-state index contributed by atoms with van der Waals surface area (Å²) in [6, 6.07) is 13.9. The first-order valence-corrected chi connectivity index (χ1v) is 11.8. The highest BCUT2D eigenvalue weighted by molar-refractivity contribution is 7.11. The van der Waals surface area contributed by atoms with Gasteiger partial charge in [-0.05, 0) is 43.9 Å². The standard InChI is InChI=1S/C24H31N3O3S/c1-19-9-10-21(31-19)18-25-14-11-24(12-15-25)22(28)26(17-20-7-4-3-5-8-20)23(29)27(24)13-6-16-30-2/h3-5,7-10H,6,11-18H2,1-2H3. The van der Waals surface area contributed by atoms with Crippen LogP contribution in [0.4, 0.5) is 4.79 Å². The molecule has 2 saturated heterocycles. The van der Waals surface area contributed by atoms with Crippen molar-refractivity contribution in [3.8, 4) is 0 Å². The predicted molar refractivity (Wildman–Crippen MR) is 122 cm³/mol. The third-order valence-electron chi connectivity index (χ3n) is 6.39. The molecule has 3 amide bonds. The highest BCUT2D eigenvalue weighted by atomic mass is 32.1. The van der Waals surface area contributed by atoms with Gasteiger partial charge in [0.15, 0.2) is 0 Å². The third kappa shape index (κ3) is 4.54. The Kier molecular flexibility index (Phi) is 6.74. The highest BCUT2D eigenvalue weighted by Crippen LogP contribution is 2.38. The van der Waals surface area contributed by atoms with Crippen molar-refractivity contribution >= 4 is 23.3 Å². The van der Waals surface area contributed by atoms with Crippen molar-refractivity contribution in [2.24, 2.45) is 0 Å². The Morgan fingerprint density at radius 2 is 1.77 bits per heavy atom. The molecule has 31 heavy (non-hydrogen) atoms. The zero-order valence-electron chi connectivity index (χ0n) is 18.4. The van der Waals surface area contributed by atoms with Crippen molar-refractivity contribution < 1.29 is 14.3 Å². The monoisotopic (exact) mass is 441 g/mol. The lowest BCUT2D eigenvalue weighted by Crippen LogP contribution is -2.56. The fraction of sp³-hybridized carbons (Fsp3) is 0.500. The number of carbonyl (C=O) groups is 2. The first-order chi connectivity index (χ1) is 15.0. The normalized spacial score (nSPS) is 19.0. The van der Waals surface area contributed by atoms with Crippen LogP contribution >= 0.6 is 11.3 Å². The summed E-state index contributed by atoms with van der Waals surface area (Å²) in [6.07, 6.45) is 2.09. The van der Waals surface area contributed by atoms with Crippen LogP contribution in [0.15, 0.2) is 42.5 Å². The maximum atomic E-state index is 13.6. The number of piperidine rings is 1. The van der Waals surface area contributed by atoms with Crippen LogP contribution in [0.25, 0.3) is 0 Å². The molecular formula is C24H31N3O3S. The Hall–Kier alpha value is -2.22. The highest BCUT2D eigenvalue weighted by Gasteiger charge is 2.57. The van der Waals surface area contributed by atoms with Crippen molar-refractivity contribution in [2.75, 3.05) is 33.4 Å². The molecule has 3 heterocycles. The summed E-state index contributed by atoms with van der Waals surface area (Å²) in [7, 11) is 1.67. The number of likely N-dealkylation sites (tertiary alicyclic amines) is 1. The largest absolute Gasteiger partial charge is 0.385 e. The number of benzene rings is 1. The molecule has 1 aromatic carbocycles. The minimum absolute atomic E-state index is 0.0367. The summed E-state index contributed by atoms with van der Waals surface area (Å²) in [5.41, 5.74) is 0.255. The molecule has 166 valence electrons. The van der Waals surface area contributed by atoms with E-state index in [9.17, 15) is 9.59 Å². The molecule has 0 atom stereocenters. The van der Waals surface area contributed by atoms with Crippen LogP contribution < -0.4 is 0 Å². The fourth-order valence-electron chi connectivity index (χ4n) is 4.72. The number of methoxy groups -OCH3 is 1. The van der Waals surface area contributed by atoms with E-state index in [1.54, 1.807) is 7.11 Å². The van der Waals surface area contributed by atoms with Crippen LogP contribution in [0.5, 0.6) is 0 Å². The zero-order chi connectivity index (χ0) is 21.8. The van der Waals surface area contributed by atoms with Crippen LogP contribution in [-0.4, -0.2) is 65.5 Å². The predicted octanol–water partition coefficient (Wildman–Crippen LogP) is 3.89. The molecule has 4 rings (SSSR count). The van der Waals surface area contributed by atoms with Crippen LogP contribution in [0.1, 0.15) is 34.6 Å². The van der Waals surface area contributed by atoms with Gasteiger partial charge < -0.3 is 9.64 Å². The number of imide groups is 1. The van der Waals surface area contributed by atoms with Crippen LogP contribution in [-0.2, 0) is 22.6 Å². The molecule has 6 nitrogen and oxygen atoms in total. The van der Waals surface area contributed by atoms with Crippen LogP contribution in [0, 0.1) is 6.92 Å². The van der Waals surface area contributed by atoms with Crippen molar-refractivity contribution in [3.05, 3.63) is 57.8 Å². The summed E-state index contributed by atoms with van der Waals surface area (Å²) >= 11 is 1.83. The number of urea groups is 1. The molecule has 2 fully saturated rings. The second kappa shape index (κ2) is 9.51. The summed E-state index contributed by atoms with van der Waals surface area (Å²) in [6.45, 7) is 6.13. The minimum Gasteiger partial charge on any atom is -0.385 e. The van der Waals surface area contributed by atoms with Gasteiger partial charge >= 0.3 is 6.03 Å². The van der Waals surface area contributed by atoms with E-state index in [2.05, 4.69) is 24.0 Å². The van der Waals surface area contributed by atoms with E-state index in [-0.39, 0.29) is 11.9 Å². The molecule has 1 spiro atoms. The molecule has 0 aliphatic carbocycles. The Morgan fingerprint density at radius 3 is 2.42 bits per heavy atom. The Labute approximate surface area is 188 Å². The molecule has 0 saturated carbocycles. The molecule has 2 aliphatic heterocycles. The lowest BCUT2D eigenvalue weighted by atomic mass is 9.85. The van der Waals surface area contributed by atoms with Crippen LogP contribution in [0.3, 0.4) is 0 Å². The molecule has 2 aliphatic rings. The van der Waals surface area contributed by atoms with Crippen molar-refractivity contribution in [1.82, 2.24) is 14.7 Å². The topological polar surface area (TPSA) is 53.1 Å². The Balaban J connectivity index is 1.50. The quantitative estimate of drug-likeness (QED) is 0.461. The van der Waals surface area contributed by atoms with Gasteiger partial charge in [-0.3, -0.25) is 14.6 Å². The minimum atomic E-state index is -0.721. The molecular weight excluding hydrogens is 410 g/mol. The fourth-order valence-corrected chi connectivity index (χ4v) is 5.65. The second-order valence-corrected chi connectivity index (χ2v) is 9.85. The van der Waals surface area contributed by atoms with E-state index in [1.807, 2.05) is 46.6 Å². The molecule has 1 aromatic heterocycles. The summed E-state index contributed by atoms with van der Waals surface area (Å²) in [5, 5.41) is 0. The lowest BCUT2D eigenvalue weighted by Gasteiger charge is -2.42. The van der Waals surface area contributed by atoms with Gasteiger partial charge in [0.2, 0.25) is 0 Å². The SMILES string of the molecule is COCCCN1C(=O)N(Cc2ccccc2)C(=O)C12CCN(Cc1ccc(C)s1)CC2. The first-order valence-electron chi connectivity index (χ1n) is 11.0. The van der Waals surface area contributed by atoms with Crippen LogP contribution in [0.2, 0.25) is 0 Å².